The maximum absolute atomic E-state index is 5.37. The molecule has 2 nitrogen and oxygen atoms in total. The Hall–Kier alpha value is -1.33. The lowest BCUT2D eigenvalue weighted by Gasteiger charge is -2.17. The van der Waals surface area contributed by atoms with Crippen LogP contribution in [0.4, 0.5) is 0 Å². The Morgan fingerprint density at radius 3 is 2.73 bits per heavy atom. The molecule has 0 radical (unpaired) electrons. The Bertz CT molecular complexity index is 363. The van der Waals surface area contributed by atoms with Gasteiger partial charge in [-0.1, -0.05) is 13.0 Å². The molecular formula is C13H18N2. The number of aryl methyl sites for hydroxylation is 2. The number of hydrogen-bond acceptors (Lipinski definition) is 2. The van der Waals surface area contributed by atoms with Crippen molar-refractivity contribution in [1.82, 2.24) is 10.3 Å². The molecule has 2 heteroatoms. The predicted octanol–water partition coefficient (Wildman–Crippen LogP) is 2.37. The van der Waals surface area contributed by atoms with E-state index in [-0.39, 0.29) is 6.04 Å². The SMILES string of the molecule is C#CCC(NCC)c1ccc(C)nc1C. The number of nitrogens with zero attached hydrogens (tertiary/aromatic N) is 1. The molecule has 0 bridgehead atoms. The zero-order valence-corrected chi connectivity index (χ0v) is 9.67. The average molecular weight is 202 g/mol. The second-order valence-electron chi connectivity index (χ2n) is 3.65. The number of hydrogen-bond donors (Lipinski definition) is 1. The van der Waals surface area contributed by atoms with E-state index in [1.54, 1.807) is 0 Å². The van der Waals surface area contributed by atoms with Gasteiger partial charge in [0.05, 0.1) is 0 Å². The van der Waals surface area contributed by atoms with E-state index < -0.39 is 0 Å². The minimum absolute atomic E-state index is 0.230. The van der Waals surface area contributed by atoms with Crippen molar-refractivity contribution in [1.29, 1.82) is 0 Å². The van der Waals surface area contributed by atoms with Gasteiger partial charge in [0.1, 0.15) is 0 Å². The largest absolute Gasteiger partial charge is 0.309 e. The molecule has 0 saturated carbocycles. The molecule has 1 aromatic rings. The molecule has 1 atom stereocenters. The number of aromatic nitrogens is 1. The standard InChI is InChI=1S/C13H18N2/c1-5-7-13(14-6-2)12-9-8-10(3)15-11(12)4/h1,8-9,13-14H,6-7H2,2-4H3. The number of nitrogens with one attached hydrogen (secondary N) is 1. The monoisotopic (exact) mass is 202 g/mol. The summed E-state index contributed by atoms with van der Waals surface area (Å²) in [6.45, 7) is 7.03. The summed E-state index contributed by atoms with van der Waals surface area (Å²) in [5.74, 6) is 2.70. The highest BCUT2D eigenvalue weighted by molar-refractivity contribution is 5.26. The van der Waals surface area contributed by atoms with E-state index in [2.05, 4.69) is 29.2 Å². The Morgan fingerprint density at radius 1 is 1.47 bits per heavy atom. The summed E-state index contributed by atoms with van der Waals surface area (Å²) in [5, 5.41) is 3.38. The van der Waals surface area contributed by atoms with Gasteiger partial charge in [0.2, 0.25) is 0 Å². The first-order chi connectivity index (χ1) is 7.19. The third-order valence-electron chi connectivity index (χ3n) is 2.41. The van der Waals surface area contributed by atoms with Gasteiger partial charge in [-0.25, -0.2) is 0 Å². The van der Waals surface area contributed by atoms with Crippen LogP contribution in [0.2, 0.25) is 0 Å². The molecular weight excluding hydrogens is 184 g/mol. The molecule has 1 rings (SSSR count). The van der Waals surface area contributed by atoms with Gasteiger partial charge in [-0.2, -0.15) is 0 Å². The van der Waals surface area contributed by atoms with Crippen LogP contribution in [0.1, 0.15) is 36.3 Å². The van der Waals surface area contributed by atoms with Crippen molar-refractivity contribution in [2.45, 2.75) is 33.2 Å². The van der Waals surface area contributed by atoms with Crippen LogP contribution in [0.15, 0.2) is 12.1 Å². The van der Waals surface area contributed by atoms with Gasteiger partial charge in [-0.3, -0.25) is 4.98 Å². The molecule has 0 aliphatic rings. The van der Waals surface area contributed by atoms with Crippen LogP contribution in [0.5, 0.6) is 0 Å². The Morgan fingerprint density at radius 2 is 2.20 bits per heavy atom. The van der Waals surface area contributed by atoms with E-state index in [0.717, 1.165) is 17.9 Å². The molecule has 0 fully saturated rings. The predicted molar refractivity (Wildman–Crippen MR) is 63.6 cm³/mol. The van der Waals surface area contributed by atoms with Crippen molar-refractivity contribution in [3.05, 3.63) is 29.1 Å². The van der Waals surface area contributed by atoms with Crippen molar-refractivity contribution in [3.63, 3.8) is 0 Å². The highest BCUT2D eigenvalue weighted by atomic mass is 14.9. The molecule has 0 saturated heterocycles. The molecule has 0 aliphatic carbocycles. The smallest absolute Gasteiger partial charge is 0.0448 e. The third kappa shape index (κ3) is 3.07. The summed E-state index contributed by atoms with van der Waals surface area (Å²) < 4.78 is 0. The maximum Gasteiger partial charge on any atom is 0.0448 e. The molecule has 0 aliphatic heterocycles. The first-order valence-corrected chi connectivity index (χ1v) is 5.30. The molecule has 0 amide bonds. The fourth-order valence-electron chi connectivity index (χ4n) is 1.72. The second kappa shape index (κ2) is 5.53. The van der Waals surface area contributed by atoms with E-state index in [4.69, 9.17) is 6.42 Å². The van der Waals surface area contributed by atoms with E-state index in [1.165, 1.54) is 5.56 Å². The van der Waals surface area contributed by atoms with Crippen LogP contribution < -0.4 is 5.32 Å². The maximum atomic E-state index is 5.37. The van der Waals surface area contributed by atoms with E-state index in [1.807, 2.05) is 19.9 Å². The van der Waals surface area contributed by atoms with Crippen LogP contribution in [0, 0.1) is 26.2 Å². The lowest BCUT2D eigenvalue weighted by Crippen LogP contribution is -2.21. The van der Waals surface area contributed by atoms with Crippen molar-refractivity contribution in [3.8, 4) is 12.3 Å². The highest BCUT2D eigenvalue weighted by Crippen LogP contribution is 2.19. The van der Waals surface area contributed by atoms with E-state index in [9.17, 15) is 0 Å². The van der Waals surface area contributed by atoms with Crippen LogP contribution in [-0.4, -0.2) is 11.5 Å². The molecule has 0 aromatic carbocycles. The molecule has 1 N–H and O–H groups in total. The molecule has 0 spiro atoms. The Kier molecular flexibility index (Phi) is 4.33. The van der Waals surface area contributed by atoms with Gasteiger partial charge in [0.15, 0.2) is 0 Å². The third-order valence-corrected chi connectivity index (χ3v) is 2.41. The summed E-state index contributed by atoms with van der Waals surface area (Å²) in [7, 11) is 0. The number of terminal acetylenes is 1. The minimum atomic E-state index is 0.230. The fourth-order valence-corrected chi connectivity index (χ4v) is 1.72. The average Bonchev–Trinajstić information content (AvgIpc) is 2.17. The zero-order chi connectivity index (χ0) is 11.3. The van der Waals surface area contributed by atoms with Crippen LogP contribution in [-0.2, 0) is 0 Å². The van der Waals surface area contributed by atoms with Gasteiger partial charge in [-0.05, 0) is 32.0 Å². The zero-order valence-electron chi connectivity index (χ0n) is 9.67. The number of rotatable bonds is 4. The molecule has 1 unspecified atom stereocenters. The van der Waals surface area contributed by atoms with E-state index in [0.29, 0.717) is 6.42 Å². The summed E-state index contributed by atoms with van der Waals surface area (Å²) in [6, 6.07) is 4.37. The molecule has 1 aromatic heterocycles. The lowest BCUT2D eigenvalue weighted by atomic mass is 10.0. The Labute approximate surface area is 92.1 Å². The van der Waals surface area contributed by atoms with Crippen molar-refractivity contribution in [2.24, 2.45) is 0 Å². The summed E-state index contributed by atoms with van der Waals surface area (Å²) in [5.41, 5.74) is 3.32. The van der Waals surface area contributed by atoms with Crippen LogP contribution in [0.3, 0.4) is 0 Å². The molecule has 80 valence electrons. The van der Waals surface area contributed by atoms with Crippen LogP contribution >= 0.6 is 0 Å². The normalized spacial score (nSPS) is 12.1. The summed E-state index contributed by atoms with van der Waals surface area (Å²) >= 11 is 0. The topological polar surface area (TPSA) is 24.9 Å². The minimum Gasteiger partial charge on any atom is -0.309 e. The molecule has 1 heterocycles. The van der Waals surface area contributed by atoms with Gasteiger partial charge >= 0.3 is 0 Å². The summed E-state index contributed by atoms with van der Waals surface area (Å²) in [6.07, 6.45) is 6.07. The van der Waals surface area contributed by atoms with Gasteiger partial charge in [0.25, 0.3) is 0 Å². The Balaban J connectivity index is 2.95. The van der Waals surface area contributed by atoms with Crippen molar-refractivity contribution >= 4 is 0 Å². The van der Waals surface area contributed by atoms with Crippen LogP contribution in [0.25, 0.3) is 0 Å². The van der Waals surface area contributed by atoms with Gasteiger partial charge in [-0.15, -0.1) is 12.3 Å². The van der Waals surface area contributed by atoms with Crippen molar-refractivity contribution < 1.29 is 0 Å². The van der Waals surface area contributed by atoms with Gasteiger partial charge < -0.3 is 5.32 Å². The highest BCUT2D eigenvalue weighted by Gasteiger charge is 2.11. The first kappa shape index (κ1) is 11.7. The first-order valence-electron chi connectivity index (χ1n) is 5.30. The van der Waals surface area contributed by atoms with Crippen molar-refractivity contribution in [2.75, 3.05) is 6.54 Å². The molecule has 15 heavy (non-hydrogen) atoms. The second-order valence-corrected chi connectivity index (χ2v) is 3.65. The number of pyridine rings is 1. The van der Waals surface area contributed by atoms with E-state index >= 15 is 0 Å². The quantitative estimate of drug-likeness (QED) is 0.758. The van der Waals surface area contributed by atoms with Gasteiger partial charge in [0, 0.05) is 23.9 Å². The fraction of sp³-hybridized carbons (Fsp3) is 0.462. The summed E-state index contributed by atoms with van der Waals surface area (Å²) in [4.78, 5) is 4.45. The lowest BCUT2D eigenvalue weighted by molar-refractivity contribution is 0.560.